The van der Waals surface area contributed by atoms with Crippen LogP contribution in [0.25, 0.3) is 11.0 Å². The molecule has 0 bridgehead atoms. The van der Waals surface area contributed by atoms with Gasteiger partial charge in [0.05, 0.1) is 10.5 Å². The van der Waals surface area contributed by atoms with Gasteiger partial charge < -0.3 is 19.5 Å². The monoisotopic (exact) mass is 575 g/mol. The van der Waals surface area contributed by atoms with E-state index >= 15 is 0 Å². The molecule has 0 aliphatic heterocycles. The van der Waals surface area contributed by atoms with E-state index in [1.807, 2.05) is 22.9 Å². The summed E-state index contributed by atoms with van der Waals surface area (Å²) in [5.74, 6) is 1.12. The van der Waals surface area contributed by atoms with E-state index in [0.29, 0.717) is 45.1 Å². The molecule has 4 rings (SSSR count). The zero-order chi connectivity index (χ0) is 27.7. The fourth-order valence-electron chi connectivity index (χ4n) is 3.74. The van der Waals surface area contributed by atoms with Gasteiger partial charge in [0.1, 0.15) is 28.1 Å². The third kappa shape index (κ3) is 5.87. The first-order chi connectivity index (χ1) is 17.9. The lowest BCUT2D eigenvalue weighted by Crippen LogP contribution is -2.49. The van der Waals surface area contributed by atoms with E-state index < -0.39 is 20.5 Å². The van der Waals surface area contributed by atoms with Crippen LogP contribution in [0.15, 0.2) is 61.1 Å². The lowest BCUT2D eigenvalue weighted by atomic mass is 10.2. The van der Waals surface area contributed by atoms with Gasteiger partial charge in [-0.05, 0) is 56.3 Å². The van der Waals surface area contributed by atoms with Crippen molar-refractivity contribution in [3.63, 3.8) is 0 Å². The number of nitrogens with one attached hydrogen (secondary N) is 1. The average Bonchev–Trinajstić information content (AvgIpc) is 3.27. The number of hydrogen-bond acceptors (Lipinski definition) is 7. The van der Waals surface area contributed by atoms with Crippen LogP contribution in [-0.4, -0.2) is 58.4 Å². The van der Waals surface area contributed by atoms with E-state index in [9.17, 15) is 13.2 Å². The molecule has 0 aliphatic carbocycles. The van der Waals surface area contributed by atoms with Crippen molar-refractivity contribution in [3.05, 3.63) is 71.1 Å². The quantitative estimate of drug-likeness (QED) is 0.278. The van der Waals surface area contributed by atoms with E-state index in [0.717, 1.165) is 11.8 Å². The maximum Gasteiger partial charge on any atom is 0.243 e. The topological polar surface area (TPSA) is 106 Å². The first-order valence-corrected chi connectivity index (χ1v) is 14.3. The Morgan fingerprint density at radius 3 is 2.58 bits per heavy atom. The fourth-order valence-corrected chi connectivity index (χ4v) is 4.62. The Kier molecular flexibility index (Phi) is 7.87. The first kappa shape index (κ1) is 27.7. The molecule has 0 saturated heterocycles. The zero-order valence-electron chi connectivity index (χ0n) is 21.3. The molecule has 9 nitrogen and oxygen atoms in total. The molecule has 0 radical (unpaired) electrons. The summed E-state index contributed by atoms with van der Waals surface area (Å²) < 4.78 is 30.4. The number of carbonyl (C=O) groups excluding carboxylic acids is 1. The smallest absolute Gasteiger partial charge is 0.243 e. The van der Waals surface area contributed by atoms with Crippen LogP contribution in [0.1, 0.15) is 13.8 Å². The minimum absolute atomic E-state index is 0.289. The van der Waals surface area contributed by atoms with Gasteiger partial charge in [0, 0.05) is 43.3 Å². The number of halogens is 2. The van der Waals surface area contributed by atoms with Gasteiger partial charge in [-0.25, -0.2) is 18.4 Å². The molecule has 0 atom stereocenters. The summed E-state index contributed by atoms with van der Waals surface area (Å²) in [4.78, 5) is 23.0. The van der Waals surface area contributed by atoms with Crippen LogP contribution in [0.5, 0.6) is 11.5 Å². The van der Waals surface area contributed by atoms with Crippen molar-refractivity contribution in [1.82, 2.24) is 19.4 Å². The molecule has 4 aromatic rings. The van der Waals surface area contributed by atoms with Crippen LogP contribution in [-0.2, 0) is 21.2 Å². The Balaban J connectivity index is 1.52. The van der Waals surface area contributed by atoms with Gasteiger partial charge in [0.15, 0.2) is 15.7 Å². The first-order valence-electron chi connectivity index (χ1n) is 11.6. The van der Waals surface area contributed by atoms with Crippen molar-refractivity contribution in [3.8, 4) is 11.5 Å². The number of carbonyl (C=O) groups is 1. The van der Waals surface area contributed by atoms with Crippen molar-refractivity contribution < 1.29 is 17.9 Å². The van der Waals surface area contributed by atoms with Gasteiger partial charge in [-0.3, -0.25) is 4.79 Å². The molecular weight excluding hydrogens is 549 g/mol. The summed E-state index contributed by atoms with van der Waals surface area (Å²) in [5, 5.41) is 4.23. The van der Waals surface area contributed by atoms with Gasteiger partial charge >= 0.3 is 0 Å². The Hall–Kier alpha value is -3.34. The number of rotatable bonds is 9. The summed E-state index contributed by atoms with van der Waals surface area (Å²) >= 11 is 12.5. The standard InChI is InChI=1S/C26H27Cl2N5O4S/c1-26(2,38(4,35)36)25(34)32(3)12-13-33-11-10-21-23(33)24(30-16-29-21)31-18-8-9-22(20(28)15-18)37-19-7-5-6-17(27)14-19/h5-11,14-16H,12-13H2,1-4H3,(H,29,30,31). The average molecular weight is 577 g/mol. The molecule has 0 spiro atoms. The van der Waals surface area contributed by atoms with Gasteiger partial charge in [0.2, 0.25) is 5.91 Å². The molecule has 0 unspecified atom stereocenters. The number of ether oxygens (including phenoxy) is 1. The van der Waals surface area contributed by atoms with Crippen LogP contribution in [0.2, 0.25) is 10.0 Å². The Morgan fingerprint density at radius 1 is 1.13 bits per heavy atom. The molecule has 0 fully saturated rings. The number of fused-ring (bicyclic) bond motifs is 1. The SMILES string of the molecule is CN(CCn1ccc2ncnc(Nc3ccc(Oc4cccc(Cl)c4)c(Cl)c3)c21)C(=O)C(C)(C)S(C)(=O)=O. The molecule has 2 aromatic heterocycles. The van der Waals surface area contributed by atoms with Crippen LogP contribution >= 0.6 is 23.2 Å². The number of benzene rings is 2. The van der Waals surface area contributed by atoms with Gasteiger partial charge in [0.25, 0.3) is 0 Å². The van der Waals surface area contributed by atoms with E-state index in [1.165, 1.54) is 25.1 Å². The number of likely N-dealkylation sites (N-methyl/N-ethyl adjacent to an activating group) is 1. The van der Waals surface area contributed by atoms with Crippen LogP contribution in [0.4, 0.5) is 11.5 Å². The minimum atomic E-state index is -3.57. The van der Waals surface area contributed by atoms with Crippen molar-refractivity contribution in [2.45, 2.75) is 25.1 Å². The fraction of sp³-hybridized carbons (Fsp3) is 0.269. The predicted molar refractivity (Wildman–Crippen MR) is 150 cm³/mol. The largest absolute Gasteiger partial charge is 0.456 e. The molecular formula is C26H27Cl2N5O4S. The molecule has 1 N–H and O–H groups in total. The highest BCUT2D eigenvalue weighted by Crippen LogP contribution is 2.34. The zero-order valence-corrected chi connectivity index (χ0v) is 23.6. The second-order valence-electron chi connectivity index (χ2n) is 9.30. The van der Waals surface area contributed by atoms with E-state index in [4.69, 9.17) is 27.9 Å². The molecule has 0 saturated carbocycles. The summed E-state index contributed by atoms with van der Waals surface area (Å²) in [6.07, 6.45) is 4.37. The summed E-state index contributed by atoms with van der Waals surface area (Å²) in [5.41, 5.74) is 2.12. The number of amides is 1. The number of sulfone groups is 1. The van der Waals surface area contributed by atoms with Crippen LogP contribution in [0.3, 0.4) is 0 Å². The van der Waals surface area contributed by atoms with Gasteiger partial charge in [-0.1, -0.05) is 29.3 Å². The Morgan fingerprint density at radius 2 is 1.89 bits per heavy atom. The Bertz CT molecular complexity index is 1600. The molecule has 2 aromatic carbocycles. The van der Waals surface area contributed by atoms with Crippen molar-refractivity contribution in [2.75, 3.05) is 25.2 Å². The lowest BCUT2D eigenvalue weighted by Gasteiger charge is -2.28. The number of nitrogens with zero attached hydrogens (tertiary/aromatic N) is 4. The normalized spacial score (nSPS) is 11.9. The summed E-state index contributed by atoms with van der Waals surface area (Å²) in [6, 6.07) is 14.2. The molecule has 38 heavy (non-hydrogen) atoms. The molecule has 200 valence electrons. The second kappa shape index (κ2) is 10.8. The minimum Gasteiger partial charge on any atom is -0.456 e. The molecule has 12 heteroatoms. The van der Waals surface area contributed by atoms with E-state index in [2.05, 4.69) is 15.3 Å². The van der Waals surface area contributed by atoms with Crippen LogP contribution in [0, 0.1) is 0 Å². The third-order valence-electron chi connectivity index (χ3n) is 6.23. The highest BCUT2D eigenvalue weighted by molar-refractivity contribution is 7.92. The van der Waals surface area contributed by atoms with Crippen molar-refractivity contribution in [2.24, 2.45) is 0 Å². The van der Waals surface area contributed by atoms with Crippen LogP contribution < -0.4 is 10.1 Å². The highest BCUT2D eigenvalue weighted by atomic mass is 35.5. The predicted octanol–water partition coefficient (Wildman–Crippen LogP) is 5.56. The van der Waals surface area contributed by atoms with Gasteiger partial charge in [-0.2, -0.15) is 0 Å². The van der Waals surface area contributed by atoms with Crippen molar-refractivity contribution in [1.29, 1.82) is 0 Å². The molecule has 0 aliphatic rings. The lowest BCUT2D eigenvalue weighted by molar-refractivity contribution is -0.131. The van der Waals surface area contributed by atoms with E-state index in [-0.39, 0.29) is 6.54 Å². The number of aromatic nitrogens is 3. The summed E-state index contributed by atoms with van der Waals surface area (Å²) in [6.45, 7) is 3.52. The van der Waals surface area contributed by atoms with Crippen molar-refractivity contribution >= 4 is 61.5 Å². The number of anilines is 2. The third-order valence-corrected chi connectivity index (χ3v) is 8.79. The van der Waals surface area contributed by atoms with E-state index in [1.54, 1.807) is 43.4 Å². The maximum absolute atomic E-state index is 12.8. The second-order valence-corrected chi connectivity index (χ2v) is 12.7. The highest BCUT2D eigenvalue weighted by Gasteiger charge is 2.40. The molecule has 1 amide bonds. The maximum atomic E-state index is 12.8. The van der Waals surface area contributed by atoms with Gasteiger partial charge in [-0.15, -0.1) is 0 Å². The number of hydrogen-bond donors (Lipinski definition) is 1. The Labute approximate surface area is 231 Å². The molecule has 2 heterocycles. The summed E-state index contributed by atoms with van der Waals surface area (Å²) in [7, 11) is -1.99.